The number of aromatic hydroxyl groups is 1. The van der Waals surface area contributed by atoms with Crippen LogP contribution < -0.4 is 0 Å². The minimum Gasteiger partial charge on any atom is -0.507 e. The van der Waals surface area contributed by atoms with E-state index in [4.69, 9.17) is 0 Å². The molecule has 1 aliphatic carbocycles. The summed E-state index contributed by atoms with van der Waals surface area (Å²) in [6, 6.07) is 19.9. The summed E-state index contributed by atoms with van der Waals surface area (Å²) in [5, 5.41) is 11.2. The first kappa shape index (κ1) is 31.2. The Bertz CT molecular complexity index is 1080. The molecule has 0 saturated heterocycles. The van der Waals surface area contributed by atoms with Crippen molar-refractivity contribution in [3.8, 4) is 28.0 Å². The second kappa shape index (κ2) is 11.1. The predicted octanol–water partition coefficient (Wildman–Crippen LogP) is 9.10. The molecule has 33 heavy (non-hydrogen) atoms. The van der Waals surface area contributed by atoms with E-state index in [1.807, 2.05) is 0 Å². The smallest absolute Gasteiger partial charge is 0.507 e. The maximum absolute atomic E-state index is 11.2. The van der Waals surface area contributed by atoms with E-state index in [-0.39, 0.29) is 54.8 Å². The Hall–Kier alpha value is -1.83. The van der Waals surface area contributed by atoms with Crippen molar-refractivity contribution < 1.29 is 26.8 Å². The van der Waals surface area contributed by atoms with Crippen LogP contribution in [0, 0.1) is 29.2 Å². The van der Waals surface area contributed by atoms with Crippen LogP contribution in [0.1, 0.15) is 69.7 Å². The quantitative estimate of drug-likeness (QED) is 0.295. The van der Waals surface area contributed by atoms with Crippen LogP contribution in [0.15, 0.2) is 54.6 Å². The summed E-state index contributed by atoms with van der Waals surface area (Å²) in [5.74, 6) is 0.414. The van der Waals surface area contributed by atoms with Gasteiger partial charge in [-0.3, -0.25) is 0 Å². The van der Waals surface area contributed by atoms with Crippen LogP contribution in [0.2, 0.25) is 0 Å². The van der Waals surface area contributed by atoms with Gasteiger partial charge in [-0.15, -0.1) is 0 Å². The summed E-state index contributed by atoms with van der Waals surface area (Å²) in [6.45, 7) is 13.2. The minimum absolute atomic E-state index is 0. The molecule has 4 rings (SSSR count). The summed E-state index contributed by atoms with van der Waals surface area (Å²) in [6.07, 6.45) is 2.15. The molecule has 0 atom stereocenters. The fraction of sp³-hybridized carbons (Fsp3) is 0.323. The van der Waals surface area contributed by atoms with Crippen molar-refractivity contribution in [3.63, 3.8) is 0 Å². The summed E-state index contributed by atoms with van der Waals surface area (Å²) in [5.41, 5.74) is 9.74. The van der Waals surface area contributed by atoms with Crippen LogP contribution in [-0.2, 0) is 32.5 Å². The van der Waals surface area contributed by atoms with Crippen molar-refractivity contribution in [2.75, 3.05) is 0 Å². The Balaban J connectivity index is 0.00000256. The summed E-state index contributed by atoms with van der Waals surface area (Å²) in [7, 11) is 0. The Kier molecular flexibility index (Phi) is 10.5. The Morgan fingerprint density at radius 1 is 0.758 bits per heavy atom. The van der Waals surface area contributed by atoms with E-state index >= 15 is 0 Å². The molecular formula is C31H41OTi. The van der Waals surface area contributed by atoms with Crippen molar-refractivity contribution in [1.29, 1.82) is 0 Å². The molecule has 0 bridgehead atoms. The maximum atomic E-state index is 11.2. The summed E-state index contributed by atoms with van der Waals surface area (Å²) >= 11 is 0. The SMILES string of the molecule is CCC1(CC)c2ccccc2-c2ccc(-c3cc(C)cc(C(C)(C)C)c3O)cc21.[CH3-].[CH3-].[CH3-].[Ti+3]. The first-order chi connectivity index (χ1) is 13.7. The molecule has 0 aliphatic heterocycles. The monoisotopic (exact) mass is 477 g/mol. The number of phenolic OH excluding ortho intramolecular Hbond substituents is 1. The van der Waals surface area contributed by atoms with Gasteiger partial charge >= 0.3 is 21.7 Å². The maximum Gasteiger partial charge on any atom is 3.00 e. The molecule has 0 amide bonds. The van der Waals surface area contributed by atoms with Gasteiger partial charge < -0.3 is 27.4 Å². The second-order valence-electron chi connectivity index (χ2n) is 9.55. The van der Waals surface area contributed by atoms with E-state index in [1.165, 1.54) is 27.8 Å². The van der Waals surface area contributed by atoms with Crippen LogP contribution in [0.3, 0.4) is 0 Å². The van der Waals surface area contributed by atoms with Gasteiger partial charge in [0.25, 0.3) is 0 Å². The fourth-order valence-corrected chi connectivity index (χ4v) is 5.21. The molecule has 0 fully saturated rings. The van der Waals surface area contributed by atoms with Crippen LogP contribution in [0.25, 0.3) is 22.3 Å². The van der Waals surface area contributed by atoms with Crippen LogP contribution in [0.4, 0.5) is 0 Å². The fourth-order valence-electron chi connectivity index (χ4n) is 5.21. The zero-order valence-electron chi connectivity index (χ0n) is 22.1. The third-order valence-corrected chi connectivity index (χ3v) is 6.85. The second-order valence-corrected chi connectivity index (χ2v) is 9.55. The van der Waals surface area contributed by atoms with Crippen molar-refractivity contribution in [1.82, 2.24) is 0 Å². The van der Waals surface area contributed by atoms with Gasteiger partial charge in [0.2, 0.25) is 0 Å². The van der Waals surface area contributed by atoms with Crippen LogP contribution >= 0.6 is 0 Å². The van der Waals surface area contributed by atoms with Crippen LogP contribution in [-0.4, -0.2) is 5.11 Å². The molecule has 175 valence electrons. The molecule has 1 N–H and O–H groups in total. The van der Waals surface area contributed by atoms with E-state index in [1.54, 1.807) is 0 Å². The Morgan fingerprint density at radius 3 is 1.91 bits per heavy atom. The van der Waals surface area contributed by atoms with Gasteiger partial charge in [0.05, 0.1) is 0 Å². The number of hydrogen-bond donors (Lipinski definition) is 1. The van der Waals surface area contributed by atoms with E-state index in [9.17, 15) is 5.11 Å². The van der Waals surface area contributed by atoms with Gasteiger partial charge in [0, 0.05) is 16.5 Å². The van der Waals surface area contributed by atoms with Gasteiger partial charge in [-0.25, -0.2) is 0 Å². The zero-order valence-corrected chi connectivity index (χ0v) is 23.6. The van der Waals surface area contributed by atoms with Gasteiger partial charge in [-0.05, 0) is 70.7 Å². The molecule has 0 saturated carbocycles. The zero-order chi connectivity index (χ0) is 21.0. The number of rotatable bonds is 3. The normalized spacial score (nSPS) is 12.8. The number of fused-ring (bicyclic) bond motifs is 3. The Morgan fingerprint density at radius 2 is 1.33 bits per heavy atom. The van der Waals surface area contributed by atoms with E-state index in [2.05, 4.69) is 96.1 Å². The van der Waals surface area contributed by atoms with E-state index in [0.717, 1.165) is 29.5 Å². The standard InChI is InChI=1S/C28H32O.3CH3.Ti/c1-7-28(8-2)23-12-10-9-11-20(23)21-14-13-19(17-24(21)28)22-15-18(3)16-25(26(22)29)27(4,5)6;;;;/h9-17,29H,7-8H2,1-6H3;3*1H3;/q;3*-1;+3. The van der Waals surface area contributed by atoms with E-state index < -0.39 is 0 Å². The molecule has 0 heterocycles. The minimum atomic E-state index is -0.103. The summed E-state index contributed by atoms with van der Waals surface area (Å²) < 4.78 is 0. The molecule has 0 aromatic heterocycles. The van der Waals surface area contributed by atoms with Gasteiger partial charge in [-0.1, -0.05) is 77.1 Å². The number of aryl methyl sites for hydroxylation is 1. The summed E-state index contributed by atoms with van der Waals surface area (Å²) in [4.78, 5) is 0. The molecule has 2 heteroatoms. The first-order valence-electron chi connectivity index (χ1n) is 10.8. The third kappa shape index (κ3) is 4.86. The largest absolute Gasteiger partial charge is 3.00 e. The molecule has 3 aromatic rings. The molecular weight excluding hydrogens is 436 g/mol. The molecule has 1 radical (unpaired) electrons. The first-order valence-corrected chi connectivity index (χ1v) is 10.8. The molecule has 0 unspecified atom stereocenters. The third-order valence-electron chi connectivity index (χ3n) is 6.85. The van der Waals surface area contributed by atoms with Crippen molar-refractivity contribution in [2.24, 2.45) is 0 Å². The van der Waals surface area contributed by atoms with Gasteiger partial charge in [0.1, 0.15) is 5.75 Å². The van der Waals surface area contributed by atoms with E-state index in [0.29, 0.717) is 5.75 Å². The average molecular weight is 478 g/mol. The number of phenols is 1. The molecule has 0 spiro atoms. The predicted molar refractivity (Wildman–Crippen MR) is 143 cm³/mol. The van der Waals surface area contributed by atoms with Crippen molar-refractivity contribution in [2.45, 2.75) is 65.2 Å². The molecule has 3 aromatic carbocycles. The van der Waals surface area contributed by atoms with Crippen molar-refractivity contribution >= 4 is 0 Å². The average Bonchev–Trinajstić information content (AvgIpc) is 2.98. The van der Waals surface area contributed by atoms with Crippen LogP contribution in [0.5, 0.6) is 5.75 Å². The Labute approximate surface area is 218 Å². The van der Waals surface area contributed by atoms with Crippen molar-refractivity contribution in [3.05, 3.63) is 99.1 Å². The number of hydrogen-bond acceptors (Lipinski definition) is 1. The van der Waals surface area contributed by atoms with Gasteiger partial charge in [0.15, 0.2) is 0 Å². The number of benzene rings is 3. The molecule has 1 nitrogen and oxygen atoms in total. The molecule has 1 aliphatic rings. The topological polar surface area (TPSA) is 20.2 Å². The van der Waals surface area contributed by atoms with Gasteiger partial charge in [-0.2, -0.15) is 0 Å².